The van der Waals surface area contributed by atoms with E-state index in [1.807, 2.05) is 0 Å². The van der Waals surface area contributed by atoms with Gasteiger partial charge in [-0.3, -0.25) is 24.8 Å². The fourth-order valence-corrected chi connectivity index (χ4v) is 2.95. The fraction of sp³-hybridized carbons (Fsp3) is 0.188. The van der Waals surface area contributed by atoms with Gasteiger partial charge in [0.25, 0.3) is 11.4 Å². The Morgan fingerprint density at radius 3 is 2.35 bits per heavy atom. The van der Waals surface area contributed by atoms with Crippen LogP contribution in [0.2, 0.25) is 0 Å². The number of ether oxygens (including phenoxy) is 1. The van der Waals surface area contributed by atoms with E-state index < -0.39 is 27.8 Å². The van der Waals surface area contributed by atoms with Gasteiger partial charge in [-0.1, -0.05) is 0 Å². The SMILES string of the molecule is Cn1c(=O)oc2cc([N+](=O)[O-])c(C3OC3c3ccc([N+](=O)[O-])cc3)cc21. The van der Waals surface area contributed by atoms with E-state index in [2.05, 4.69) is 0 Å². The Balaban J connectivity index is 1.74. The minimum atomic E-state index is -0.616. The summed E-state index contributed by atoms with van der Waals surface area (Å²) in [7, 11) is 1.51. The molecule has 1 fully saturated rings. The van der Waals surface area contributed by atoms with Crippen molar-refractivity contribution in [3.05, 3.63) is 78.3 Å². The molecule has 132 valence electrons. The lowest BCUT2D eigenvalue weighted by Gasteiger charge is -2.01. The van der Waals surface area contributed by atoms with Crippen molar-refractivity contribution in [3.63, 3.8) is 0 Å². The summed E-state index contributed by atoms with van der Waals surface area (Å²) in [6.07, 6.45) is -1.03. The minimum absolute atomic E-state index is 0.0493. The van der Waals surface area contributed by atoms with Crippen LogP contribution >= 0.6 is 0 Å². The maximum Gasteiger partial charge on any atom is 0.419 e. The molecule has 0 aliphatic carbocycles. The maximum atomic E-state index is 11.6. The summed E-state index contributed by atoms with van der Waals surface area (Å²) < 4.78 is 11.8. The highest BCUT2D eigenvalue weighted by Crippen LogP contribution is 2.53. The molecule has 3 aromatic rings. The van der Waals surface area contributed by atoms with Gasteiger partial charge in [-0.15, -0.1) is 0 Å². The number of nitro groups is 2. The molecule has 0 N–H and O–H groups in total. The first-order chi connectivity index (χ1) is 12.4. The van der Waals surface area contributed by atoms with Crippen LogP contribution in [0.4, 0.5) is 11.4 Å². The maximum absolute atomic E-state index is 11.6. The predicted octanol–water partition coefficient (Wildman–Crippen LogP) is 2.76. The van der Waals surface area contributed by atoms with Crippen molar-refractivity contribution in [1.29, 1.82) is 0 Å². The summed E-state index contributed by atoms with van der Waals surface area (Å²) in [5.41, 5.74) is 1.29. The third-order valence-corrected chi connectivity index (χ3v) is 4.37. The number of aromatic nitrogens is 1. The van der Waals surface area contributed by atoms with Crippen LogP contribution in [0, 0.1) is 20.2 Å². The van der Waals surface area contributed by atoms with Gasteiger partial charge in [-0.05, 0) is 23.8 Å². The highest BCUT2D eigenvalue weighted by Gasteiger charge is 2.45. The van der Waals surface area contributed by atoms with Crippen LogP contribution in [0.3, 0.4) is 0 Å². The van der Waals surface area contributed by atoms with Gasteiger partial charge in [0, 0.05) is 19.2 Å². The molecule has 1 saturated heterocycles. The molecule has 10 heteroatoms. The van der Waals surface area contributed by atoms with E-state index in [9.17, 15) is 25.0 Å². The zero-order valence-corrected chi connectivity index (χ0v) is 13.3. The molecular formula is C16H11N3O7. The number of nitrogens with zero attached hydrogens (tertiary/aromatic N) is 3. The number of nitro benzene ring substituents is 2. The summed E-state index contributed by atoms with van der Waals surface area (Å²) in [6.45, 7) is 0. The van der Waals surface area contributed by atoms with Crippen molar-refractivity contribution in [3.8, 4) is 0 Å². The van der Waals surface area contributed by atoms with Crippen LogP contribution in [0.5, 0.6) is 0 Å². The molecule has 0 amide bonds. The monoisotopic (exact) mass is 357 g/mol. The largest absolute Gasteiger partial charge is 0.419 e. The van der Waals surface area contributed by atoms with Crippen molar-refractivity contribution in [1.82, 2.24) is 4.57 Å². The molecule has 0 spiro atoms. The zero-order valence-electron chi connectivity index (χ0n) is 13.3. The Hall–Kier alpha value is -3.53. The van der Waals surface area contributed by atoms with Gasteiger partial charge >= 0.3 is 5.76 Å². The molecule has 2 atom stereocenters. The van der Waals surface area contributed by atoms with Gasteiger partial charge in [0.2, 0.25) is 0 Å². The molecular weight excluding hydrogens is 346 g/mol. The molecule has 1 aliphatic heterocycles. The normalized spacial score (nSPS) is 18.8. The second-order valence-corrected chi connectivity index (χ2v) is 5.89. The van der Waals surface area contributed by atoms with Crippen LogP contribution < -0.4 is 5.76 Å². The molecule has 26 heavy (non-hydrogen) atoms. The molecule has 10 nitrogen and oxygen atoms in total. The van der Waals surface area contributed by atoms with Crippen molar-refractivity contribution in [2.45, 2.75) is 12.2 Å². The van der Waals surface area contributed by atoms with Crippen LogP contribution in [-0.2, 0) is 11.8 Å². The van der Waals surface area contributed by atoms with Crippen LogP contribution in [0.1, 0.15) is 23.3 Å². The lowest BCUT2D eigenvalue weighted by Crippen LogP contribution is -2.08. The second kappa shape index (κ2) is 5.49. The van der Waals surface area contributed by atoms with Gasteiger partial charge < -0.3 is 9.15 Å². The van der Waals surface area contributed by atoms with Crippen molar-refractivity contribution in [2.24, 2.45) is 7.05 Å². The van der Waals surface area contributed by atoms with Gasteiger partial charge in [0.1, 0.15) is 12.2 Å². The number of benzene rings is 2. The number of oxazole rings is 1. The van der Waals surface area contributed by atoms with Crippen LogP contribution in [-0.4, -0.2) is 14.4 Å². The van der Waals surface area contributed by atoms with E-state index in [0.717, 1.165) is 0 Å². The molecule has 1 aliphatic rings. The minimum Gasteiger partial charge on any atom is -0.407 e. The van der Waals surface area contributed by atoms with E-state index in [-0.39, 0.29) is 17.0 Å². The molecule has 2 unspecified atom stereocenters. The van der Waals surface area contributed by atoms with Crippen molar-refractivity contribution < 1.29 is 19.0 Å². The first-order valence-electron chi connectivity index (χ1n) is 7.54. The number of epoxide rings is 1. The van der Waals surface area contributed by atoms with E-state index in [0.29, 0.717) is 16.6 Å². The summed E-state index contributed by atoms with van der Waals surface area (Å²) in [4.78, 5) is 32.7. The molecule has 0 radical (unpaired) electrons. The molecule has 2 heterocycles. The third kappa shape index (κ3) is 2.43. The Bertz CT molecular complexity index is 1110. The van der Waals surface area contributed by atoms with E-state index in [1.54, 1.807) is 12.1 Å². The van der Waals surface area contributed by atoms with Gasteiger partial charge in [-0.25, -0.2) is 4.79 Å². The van der Waals surface area contributed by atoms with Crippen LogP contribution in [0.25, 0.3) is 11.1 Å². The van der Waals surface area contributed by atoms with Crippen LogP contribution in [0.15, 0.2) is 45.6 Å². The van der Waals surface area contributed by atoms with E-state index in [4.69, 9.17) is 9.15 Å². The van der Waals surface area contributed by atoms with Gasteiger partial charge in [0.05, 0.1) is 27.0 Å². The van der Waals surface area contributed by atoms with Gasteiger partial charge in [0.15, 0.2) is 5.58 Å². The average molecular weight is 357 g/mol. The number of non-ortho nitro benzene ring substituents is 1. The lowest BCUT2D eigenvalue weighted by atomic mass is 10.0. The Labute approximate surface area is 144 Å². The highest BCUT2D eigenvalue weighted by molar-refractivity contribution is 5.78. The Morgan fingerprint density at radius 2 is 1.73 bits per heavy atom. The van der Waals surface area contributed by atoms with Crippen molar-refractivity contribution in [2.75, 3.05) is 0 Å². The Kier molecular flexibility index (Phi) is 3.37. The average Bonchev–Trinajstić information content (AvgIpc) is 3.36. The second-order valence-electron chi connectivity index (χ2n) is 5.89. The molecule has 0 bridgehead atoms. The van der Waals surface area contributed by atoms with Gasteiger partial charge in [-0.2, -0.15) is 0 Å². The number of hydrogen-bond acceptors (Lipinski definition) is 7. The molecule has 0 saturated carbocycles. The highest BCUT2D eigenvalue weighted by atomic mass is 16.6. The van der Waals surface area contributed by atoms with E-state index in [1.165, 1.54) is 35.9 Å². The summed E-state index contributed by atoms with van der Waals surface area (Å²) in [5, 5.41) is 22.1. The number of hydrogen-bond donors (Lipinski definition) is 0. The first kappa shape index (κ1) is 16.0. The smallest absolute Gasteiger partial charge is 0.407 e. The summed E-state index contributed by atoms with van der Waals surface area (Å²) in [5.74, 6) is -0.616. The molecule has 4 rings (SSSR count). The standard InChI is InChI=1S/C16H11N3O7/c1-17-12-6-10(11(19(23)24)7-13(12)25-16(17)20)15-14(26-15)8-2-4-9(5-3-8)18(21)22/h2-7,14-15H,1H3. The lowest BCUT2D eigenvalue weighted by molar-refractivity contribution is -0.385. The molecule has 2 aromatic carbocycles. The number of rotatable bonds is 4. The topological polar surface area (TPSA) is 134 Å². The Morgan fingerprint density at radius 1 is 1.04 bits per heavy atom. The summed E-state index contributed by atoms with van der Waals surface area (Å²) in [6, 6.07) is 8.54. The third-order valence-electron chi connectivity index (χ3n) is 4.37. The van der Waals surface area contributed by atoms with E-state index >= 15 is 0 Å². The number of fused-ring (bicyclic) bond motifs is 1. The first-order valence-corrected chi connectivity index (χ1v) is 7.54. The molecule has 1 aromatic heterocycles. The number of aryl methyl sites for hydroxylation is 1. The quantitative estimate of drug-likeness (QED) is 0.398. The predicted molar refractivity (Wildman–Crippen MR) is 87.8 cm³/mol. The summed E-state index contributed by atoms with van der Waals surface area (Å²) >= 11 is 0. The fourth-order valence-electron chi connectivity index (χ4n) is 2.95. The zero-order chi connectivity index (χ0) is 18.6. The van der Waals surface area contributed by atoms with Crippen molar-refractivity contribution >= 4 is 22.5 Å².